The summed E-state index contributed by atoms with van der Waals surface area (Å²) >= 11 is 3.12. The third-order valence-corrected chi connectivity index (χ3v) is 5.20. The van der Waals surface area contributed by atoms with E-state index in [0.29, 0.717) is 17.8 Å². The summed E-state index contributed by atoms with van der Waals surface area (Å²) in [7, 11) is 1.86. The predicted molar refractivity (Wildman–Crippen MR) is 82.1 cm³/mol. The highest BCUT2D eigenvalue weighted by Gasteiger charge is 2.36. The summed E-state index contributed by atoms with van der Waals surface area (Å²) in [6.07, 6.45) is 4.28. The highest BCUT2D eigenvalue weighted by atomic mass is 79.9. The number of anilines is 1. The molecule has 2 fully saturated rings. The molecular formula is C14H17BrFN3O2. The summed E-state index contributed by atoms with van der Waals surface area (Å²) in [6.45, 7) is 0. The number of rotatable bonds is 3. The lowest BCUT2D eigenvalue weighted by molar-refractivity contribution is -0.384. The van der Waals surface area contributed by atoms with Gasteiger partial charge in [0.2, 0.25) is 0 Å². The molecule has 0 radical (unpaired) electrons. The molecule has 0 aliphatic carbocycles. The molecule has 2 saturated heterocycles. The number of hydrogen-bond acceptors (Lipinski definition) is 4. The smallest absolute Gasteiger partial charge is 0.295 e. The van der Waals surface area contributed by atoms with E-state index in [1.807, 2.05) is 11.9 Å². The molecule has 0 saturated carbocycles. The second kappa shape index (κ2) is 5.53. The number of nitro benzene ring substituents is 1. The lowest BCUT2D eigenvalue weighted by Crippen LogP contribution is -2.47. The maximum Gasteiger partial charge on any atom is 0.295 e. The number of piperidine rings is 1. The Morgan fingerprint density at radius 1 is 1.38 bits per heavy atom. The molecular weight excluding hydrogens is 341 g/mol. The molecule has 21 heavy (non-hydrogen) atoms. The van der Waals surface area contributed by atoms with Crippen molar-refractivity contribution in [3.8, 4) is 0 Å². The Balaban J connectivity index is 1.92. The monoisotopic (exact) mass is 357 g/mol. The minimum atomic E-state index is -0.607. The molecule has 0 amide bonds. The normalized spacial score (nSPS) is 27.7. The molecule has 7 heteroatoms. The van der Waals surface area contributed by atoms with Crippen LogP contribution in [-0.2, 0) is 0 Å². The summed E-state index contributed by atoms with van der Waals surface area (Å²) in [5, 5.41) is 14.8. The molecule has 1 aromatic carbocycles. The van der Waals surface area contributed by atoms with Crippen molar-refractivity contribution in [3.63, 3.8) is 0 Å². The Kier molecular flexibility index (Phi) is 3.88. The highest BCUT2D eigenvalue weighted by molar-refractivity contribution is 9.10. The number of nitrogens with zero attached hydrogens (tertiary/aromatic N) is 2. The van der Waals surface area contributed by atoms with Crippen molar-refractivity contribution in [2.75, 3.05) is 11.9 Å². The van der Waals surface area contributed by atoms with Crippen molar-refractivity contribution in [2.24, 2.45) is 0 Å². The molecule has 5 nitrogen and oxygen atoms in total. The van der Waals surface area contributed by atoms with Gasteiger partial charge in [-0.1, -0.05) is 0 Å². The van der Waals surface area contributed by atoms with Gasteiger partial charge in [-0.05, 0) is 47.7 Å². The Morgan fingerprint density at radius 3 is 2.57 bits per heavy atom. The number of halogens is 2. The molecule has 0 spiro atoms. The highest BCUT2D eigenvalue weighted by Crippen LogP contribution is 2.37. The van der Waals surface area contributed by atoms with Gasteiger partial charge in [0.25, 0.3) is 5.69 Å². The third-order valence-electron chi connectivity index (χ3n) is 4.59. The van der Waals surface area contributed by atoms with Crippen LogP contribution in [0.4, 0.5) is 15.8 Å². The first-order valence-corrected chi connectivity index (χ1v) is 7.87. The molecule has 2 unspecified atom stereocenters. The minimum absolute atomic E-state index is 0.177. The van der Waals surface area contributed by atoms with E-state index in [4.69, 9.17) is 0 Å². The standard InChI is InChI=1S/C14H17BrFN3O2/c1-18(10-4-8-2-3-9(5-10)17-8)13-6-11(15)12(16)7-14(13)19(20)21/h6-10,17H,2-5H2,1H3. The SMILES string of the molecule is CN(c1cc(Br)c(F)cc1[N+](=O)[O-])C1CC2CCC(C1)N2. The van der Waals surface area contributed by atoms with Gasteiger partial charge in [0, 0.05) is 25.2 Å². The van der Waals surface area contributed by atoms with Crippen molar-refractivity contribution >= 4 is 27.3 Å². The quantitative estimate of drug-likeness (QED) is 0.666. The Hall–Kier alpha value is -1.21. The summed E-state index contributed by atoms with van der Waals surface area (Å²) in [6, 6.07) is 3.75. The maximum atomic E-state index is 13.6. The summed E-state index contributed by atoms with van der Waals surface area (Å²) in [5.74, 6) is -0.607. The van der Waals surface area contributed by atoms with E-state index in [1.54, 1.807) is 0 Å². The fourth-order valence-electron chi connectivity index (χ4n) is 3.49. The molecule has 2 bridgehead atoms. The van der Waals surface area contributed by atoms with Gasteiger partial charge >= 0.3 is 0 Å². The van der Waals surface area contributed by atoms with Crippen LogP contribution in [0.25, 0.3) is 0 Å². The fraction of sp³-hybridized carbons (Fsp3) is 0.571. The van der Waals surface area contributed by atoms with Gasteiger partial charge in [0.15, 0.2) is 0 Å². The van der Waals surface area contributed by atoms with Crippen molar-refractivity contribution in [2.45, 2.75) is 43.8 Å². The van der Waals surface area contributed by atoms with Crippen molar-refractivity contribution in [3.05, 3.63) is 32.5 Å². The van der Waals surface area contributed by atoms with Crippen molar-refractivity contribution in [1.82, 2.24) is 5.32 Å². The number of nitro groups is 1. The topological polar surface area (TPSA) is 58.4 Å². The molecule has 1 aromatic rings. The van der Waals surface area contributed by atoms with Crippen LogP contribution < -0.4 is 10.2 Å². The molecule has 1 N–H and O–H groups in total. The Morgan fingerprint density at radius 2 is 2.00 bits per heavy atom. The summed E-state index contributed by atoms with van der Waals surface area (Å²) in [4.78, 5) is 12.6. The first kappa shape index (κ1) is 14.7. The zero-order valence-electron chi connectivity index (χ0n) is 11.7. The van der Waals surface area contributed by atoms with E-state index in [2.05, 4.69) is 21.2 Å². The van der Waals surface area contributed by atoms with Gasteiger partial charge in [-0.2, -0.15) is 0 Å². The molecule has 114 valence electrons. The minimum Gasteiger partial charge on any atom is -0.366 e. The first-order valence-electron chi connectivity index (χ1n) is 7.08. The molecule has 2 aliphatic heterocycles. The fourth-order valence-corrected chi connectivity index (χ4v) is 3.83. The zero-order chi connectivity index (χ0) is 15.1. The van der Waals surface area contributed by atoms with Crippen LogP contribution in [-0.4, -0.2) is 30.1 Å². The zero-order valence-corrected chi connectivity index (χ0v) is 13.3. The second-order valence-electron chi connectivity index (χ2n) is 5.89. The van der Waals surface area contributed by atoms with Crippen LogP contribution in [0.5, 0.6) is 0 Å². The Bertz CT molecular complexity index is 572. The molecule has 0 aromatic heterocycles. The predicted octanol–water partition coefficient (Wildman–Crippen LogP) is 3.22. The van der Waals surface area contributed by atoms with Gasteiger partial charge in [0.1, 0.15) is 11.5 Å². The summed E-state index contributed by atoms with van der Waals surface area (Å²) in [5.41, 5.74) is 0.295. The van der Waals surface area contributed by atoms with Crippen LogP contribution >= 0.6 is 15.9 Å². The second-order valence-corrected chi connectivity index (χ2v) is 6.74. The summed E-state index contributed by atoms with van der Waals surface area (Å²) < 4.78 is 13.8. The van der Waals surface area contributed by atoms with Crippen LogP contribution in [0.2, 0.25) is 0 Å². The van der Waals surface area contributed by atoms with Gasteiger partial charge in [-0.3, -0.25) is 10.1 Å². The average molecular weight is 358 g/mol. The lowest BCUT2D eigenvalue weighted by atomic mass is 9.98. The number of fused-ring (bicyclic) bond motifs is 2. The Labute approximate surface area is 130 Å². The van der Waals surface area contributed by atoms with E-state index >= 15 is 0 Å². The van der Waals surface area contributed by atoms with Crippen LogP contribution in [0, 0.1) is 15.9 Å². The van der Waals surface area contributed by atoms with E-state index in [9.17, 15) is 14.5 Å². The largest absolute Gasteiger partial charge is 0.366 e. The van der Waals surface area contributed by atoms with Crippen molar-refractivity contribution in [1.29, 1.82) is 0 Å². The lowest BCUT2D eigenvalue weighted by Gasteiger charge is -2.36. The molecule has 2 heterocycles. The maximum absolute atomic E-state index is 13.6. The van der Waals surface area contributed by atoms with Crippen molar-refractivity contribution < 1.29 is 9.31 Å². The first-order chi connectivity index (χ1) is 9.95. The average Bonchev–Trinajstić information content (AvgIpc) is 2.79. The van der Waals surface area contributed by atoms with Gasteiger partial charge in [-0.15, -0.1) is 0 Å². The number of nitrogens with one attached hydrogen (secondary N) is 1. The van der Waals surface area contributed by atoms with Gasteiger partial charge < -0.3 is 10.2 Å². The van der Waals surface area contributed by atoms with E-state index in [1.165, 1.54) is 18.9 Å². The van der Waals surface area contributed by atoms with E-state index < -0.39 is 10.7 Å². The van der Waals surface area contributed by atoms with Crippen LogP contribution in [0.3, 0.4) is 0 Å². The van der Waals surface area contributed by atoms with E-state index in [0.717, 1.165) is 18.9 Å². The van der Waals surface area contributed by atoms with E-state index in [-0.39, 0.29) is 16.2 Å². The molecule has 3 rings (SSSR count). The molecule has 2 atom stereocenters. The van der Waals surface area contributed by atoms with Gasteiger partial charge in [-0.25, -0.2) is 4.39 Å². The number of hydrogen-bond donors (Lipinski definition) is 1. The molecule has 2 aliphatic rings. The van der Waals surface area contributed by atoms with Crippen LogP contribution in [0.1, 0.15) is 25.7 Å². The van der Waals surface area contributed by atoms with Gasteiger partial charge in [0.05, 0.1) is 15.5 Å². The third kappa shape index (κ3) is 2.76. The number of benzene rings is 1. The van der Waals surface area contributed by atoms with Crippen LogP contribution in [0.15, 0.2) is 16.6 Å².